The van der Waals surface area contributed by atoms with Crippen molar-refractivity contribution in [3.63, 3.8) is 0 Å². The second-order valence-corrected chi connectivity index (χ2v) is 6.12. The Hall–Kier alpha value is -3.67. The van der Waals surface area contributed by atoms with Crippen LogP contribution in [0.3, 0.4) is 0 Å². The number of aryl methyl sites for hydroxylation is 1. The second kappa shape index (κ2) is 9.32. The molecule has 1 heterocycles. The van der Waals surface area contributed by atoms with Crippen LogP contribution in [0.4, 0.5) is 0 Å². The summed E-state index contributed by atoms with van der Waals surface area (Å²) in [4.78, 5) is 28.5. The van der Waals surface area contributed by atoms with Crippen molar-refractivity contribution in [1.82, 2.24) is 15.8 Å². The van der Waals surface area contributed by atoms with Gasteiger partial charge in [-0.3, -0.25) is 20.4 Å². The van der Waals surface area contributed by atoms with Crippen LogP contribution < -0.4 is 15.6 Å². The van der Waals surface area contributed by atoms with E-state index in [1.807, 2.05) is 49.4 Å². The van der Waals surface area contributed by atoms with Gasteiger partial charge < -0.3 is 4.74 Å². The molecule has 2 N–H and O–H groups in total. The Kier molecular flexibility index (Phi) is 6.36. The molecule has 0 aliphatic heterocycles. The highest BCUT2D eigenvalue weighted by Gasteiger charge is 2.10. The number of ether oxygens (including phenoxy) is 1. The maximum atomic E-state index is 12.3. The fraction of sp³-hybridized carbons (Fsp3) is 0.136. The Morgan fingerprint density at radius 2 is 1.54 bits per heavy atom. The lowest BCUT2D eigenvalue weighted by Crippen LogP contribution is -2.41. The van der Waals surface area contributed by atoms with Crippen LogP contribution >= 0.6 is 0 Å². The summed E-state index contributed by atoms with van der Waals surface area (Å²) in [6.45, 7) is 2.39. The molecule has 28 heavy (non-hydrogen) atoms. The van der Waals surface area contributed by atoms with Crippen LogP contribution in [0.25, 0.3) is 0 Å². The minimum absolute atomic E-state index is 0.331. The van der Waals surface area contributed by atoms with Crippen molar-refractivity contribution in [1.29, 1.82) is 0 Å². The topological polar surface area (TPSA) is 80.3 Å². The van der Waals surface area contributed by atoms with Gasteiger partial charge in [0.1, 0.15) is 6.61 Å². The van der Waals surface area contributed by atoms with E-state index in [-0.39, 0.29) is 5.91 Å². The Balaban J connectivity index is 1.55. The molecule has 3 rings (SSSR count). The Bertz CT molecular complexity index is 941. The number of aromatic nitrogens is 1. The molecule has 142 valence electrons. The number of amides is 2. The van der Waals surface area contributed by atoms with Gasteiger partial charge in [-0.2, -0.15) is 0 Å². The van der Waals surface area contributed by atoms with Gasteiger partial charge in [0, 0.05) is 23.4 Å². The number of benzene rings is 2. The first-order valence-electron chi connectivity index (χ1n) is 8.98. The van der Waals surface area contributed by atoms with E-state index in [4.69, 9.17) is 4.74 Å². The third-order valence-electron chi connectivity index (χ3n) is 4.14. The van der Waals surface area contributed by atoms with E-state index in [0.717, 1.165) is 17.5 Å². The third kappa shape index (κ3) is 5.17. The summed E-state index contributed by atoms with van der Waals surface area (Å²) in [5.74, 6) is -0.505. The summed E-state index contributed by atoms with van der Waals surface area (Å²) >= 11 is 0. The van der Waals surface area contributed by atoms with E-state index in [0.29, 0.717) is 23.6 Å². The van der Waals surface area contributed by atoms with Crippen LogP contribution in [0.15, 0.2) is 72.9 Å². The van der Waals surface area contributed by atoms with Crippen molar-refractivity contribution in [2.75, 3.05) is 0 Å². The highest BCUT2D eigenvalue weighted by Crippen LogP contribution is 2.12. The van der Waals surface area contributed by atoms with Gasteiger partial charge in [-0.05, 0) is 35.7 Å². The standard InChI is InChI=1S/C22H21N3O3/c1-2-16-8-10-18(11-9-16)21(26)24-25-22(27)19-12-13-23-20(14-19)28-15-17-6-4-3-5-7-17/h3-14H,2,15H2,1H3,(H,24,26)(H,25,27). The number of hydrazine groups is 1. The lowest BCUT2D eigenvalue weighted by atomic mass is 10.1. The monoisotopic (exact) mass is 375 g/mol. The summed E-state index contributed by atoms with van der Waals surface area (Å²) < 4.78 is 5.62. The fourth-order valence-corrected chi connectivity index (χ4v) is 2.51. The molecule has 0 spiro atoms. The molecule has 0 saturated carbocycles. The molecule has 2 aromatic carbocycles. The summed E-state index contributed by atoms with van der Waals surface area (Å²) in [5, 5.41) is 0. The SMILES string of the molecule is CCc1ccc(C(=O)NNC(=O)c2ccnc(OCc3ccccc3)c2)cc1. The molecular formula is C22H21N3O3. The first-order chi connectivity index (χ1) is 13.7. The van der Waals surface area contributed by atoms with Crippen LogP contribution in [0.2, 0.25) is 0 Å². The van der Waals surface area contributed by atoms with Crippen molar-refractivity contribution in [2.24, 2.45) is 0 Å². The normalized spacial score (nSPS) is 10.2. The van der Waals surface area contributed by atoms with Gasteiger partial charge in [0.15, 0.2) is 0 Å². The molecule has 2 amide bonds. The number of rotatable bonds is 6. The van der Waals surface area contributed by atoms with E-state index < -0.39 is 5.91 Å². The number of carbonyl (C=O) groups is 2. The van der Waals surface area contributed by atoms with Gasteiger partial charge in [-0.25, -0.2) is 4.98 Å². The first kappa shape index (κ1) is 19.1. The molecule has 0 aliphatic carbocycles. The molecular weight excluding hydrogens is 354 g/mol. The lowest BCUT2D eigenvalue weighted by Gasteiger charge is -2.09. The van der Waals surface area contributed by atoms with Crippen molar-refractivity contribution >= 4 is 11.8 Å². The zero-order valence-corrected chi connectivity index (χ0v) is 15.5. The van der Waals surface area contributed by atoms with E-state index in [9.17, 15) is 9.59 Å². The average Bonchev–Trinajstić information content (AvgIpc) is 2.76. The Morgan fingerprint density at radius 3 is 2.21 bits per heavy atom. The number of nitrogens with one attached hydrogen (secondary N) is 2. The Labute approximate surface area is 163 Å². The maximum absolute atomic E-state index is 12.3. The van der Waals surface area contributed by atoms with Crippen LogP contribution in [0, 0.1) is 0 Å². The summed E-state index contributed by atoms with van der Waals surface area (Å²) in [7, 11) is 0. The highest BCUT2D eigenvalue weighted by molar-refractivity contribution is 5.99. The van der Waals surface area contributed by atoms with Crippen LogP contribution in [0.1, 0.15) is 38.8 Å². The molecule has 0 radical (unpaired) electrons. The van der Waals surface area contributed by atoms with Gasteiger partial charge in [0.2, 0.25) is 5.88 Å². The largest absolute Gasteiger partial charge is 0.473 e. The zero-order chi connectivity index (χ0) is 19.8. The van der Waals surface area contributed by atoms with E-state index in [2.05, 4.69) is 15.8 Å². The van der Waals surface area contributed by atoms with E-state index in [1.165, 1.54) is 12.3 Å². The minimum Gasteiger partial charge on any atom is -0.473 e. The Morgan fingerprint density at radius 1 is 0.857 bits per heavy atom. The second-order valence-electron chi connectivity index (χ2n) is 6.12. The fourth-order valence-electron chi connectivity index (χ4n) is 2.51. The number of pyridine rings is 1. The van der Waals surface area contributed by atoms with Crippen LogP contribution in [-0.4, -0.2) is 16.8 Å². The van der Waals surface area contributed by atoms with Crippen molar-refractivity contribution in [3.8, 4) is 5.88 Å². The minimum atomic E-state index is -0.453. The van der Waals surface area contributed by atoms with E-state index >= 15 is 0 Å². The summed E-state index contributed by atoms with van der Waals surface area (Å²) in [5.41, 5.74) is 7.76. The predicted octanol–water partition coefficient (Wildman–Crippen LogP) is 3.30. The van der Waals surface area contributed by atoms with Gasteiger partial charge >= 0.3 is 0 Å². The smallest absolute Gasteiger partial charge is 0.269 e. The molecule has 0 unspecified atom stereocenters. The third-order valence-corrected chi connectivity index (χ3v) is 4.14. The van der Waals surface area contributed by atoms with Crippen molar-refractivity contribution in [3.05, 3.63) is 95.2 Å². The quantitative estimate of drug-likeness (QED) is 0.648. The predicted molar refractivity (Wildman–Crippen MR) is 106 cm³/mol. The molecule has 1 aromatic heterocycles. The van der Waals surface area contributed by atoms with Gasteiger partial charge in [0.25, 0.3) is 11.8 Å². The van der Waals surface area contributed by atoms with Crippen molar-refractivity contribution < 1.29 is 14.3 Å². The van der Waals surface area contributed by atoms with Gasteiger partial charge in [-0.15, -0.1) is 0 Å². The molecule has 3 aromatic rings. The molecule has 6 heteroatoms. The number of hydrogen-bond acceptors (Lipinski definition) is 4. The first-order valence-corrected chi connectivity index (χ1v) is 8.98. The molecule has 0 aliphatic rings. The number of nitrogens with zero attached hydrogens (tertiary/aromatic N) is 1. The average molecular weight is 375 g/mol. The van der Waals surface area contributed by atoms with Gasteiger partial charge in [-0.1, -0.05) is 49.4 Å². The van der Waals surface area contributed by atoms with E-state index in [1.54, 1.807) is 18.2 Å². The van der Waals surface area contributed by atoms with Crippen LogP contribution in [-0.2, 0) is 13.0 Å². The van der Waals surface area contributed by atoms with Crippen LogP contribution in [0.5, 0.6) is 5.88 Å². The number of hydrogen-bond donors (Lipinski definition) is 2. The molecule has 0 atom stereocenters. The molecule has 0 saturated heterocycles. The lowest BCUT2D eigenvalue weighted by molar-refractivity contribution is 0.0846. The summed E-state index contributed by atoms with van der Waals surface area (Å²) in [6, 6.07) is 20.0. The highest BCUT2D eigenvalue weighted by atomic mass is 16.5. The molecule has 0 fully saturated rings. The molecule has 6 nitrogen and oxygen atoms in total. The van der Waals surface area contributed by atoms with Gasteiger partial charge in [0.05, 0.1) is 0 Å². The van der Waals surface area contributed by atoms with Crippen molar-refractivity contribution in [2.45, 2.75) is 20.0 Å². The zero-order valence-electron chi connectivity index (χ0n) is 15.5. The molecule has 0 bridgehead atoms. The maximum Gasteiger partial charge on any atom is 0.269 e. The summed E-state index contributed by atoms with van der Waals surface area (Å²) in [6.07, 6.45) is 2.38. The number of carbonyl (C=O) groups excluding carboxylic acids is 2.